The number of imidazole rings is 1. The standard InChI is InChI=1S/C21H21N3O3S/c1-14-10-15(23-8-6-22-13-23)4-5-16(14)17-11-19-18(12-20(28-19)21(25)26)24(17)7-3-9-27-2/h4-6,8,10-13H,3,7,9H2,1-2H3,(H,25,26). The zero-order valence-corrected chi connectivity index (χ0v) is 16.6. The Balaban J connectivity index is 1.79. The maximum Gasteiger partial charge on any atom is 0.345 e. The second kappa shape index (κ2) is 7.61. The topological polar surface area (TPSA) is 69.3 Å². The number of aromatic nitrogens is 3. The van der Waals surface area contributed by atoms with Crippen LogP contribution in [0.5, 0.6) is 0 Å². The Bertz CT molecular complexity index is 1130. The van der Waals surface area contributed by atoms with Crippen LogP contribution in [-0.4, -0.2) is 38.9 Å². The number of carboxylic acid groups (broad SMARTS) is 1. The fourth-order valence-corrected chi connectivity index (χ4v) is 4.42. The van der Waals surface area contributed by atoms with E-state index < -0.39 is 5.97 Å². The third kappa shape index (κ3) is 3.34. The van der Waals surface area contributed by atoms with Gasteiger partial charge in [-0.2, -0.15) is 0 Å². The van der Waals surface area contributed by atoms with Gasteiger partial charge in [-0.15, -0.1) is 11.3 Å². The number of aryl methyl sites for hydroxylation is 2. The molecular formula is C21H21N3O3S. The van der Waals surface area contributed by atoms with Gasteiger partial charge in [-0.05, 0) is 43.2 Å². The molecule has 0 aliphatic rings. The van der Waals surface area contributed by atoms with Gasteiger partial charge in [-0.25, -0.2) is 9.78 Å². The summed E-state index contributed by atoms with van der Waals surface area (Å²) in [7, 11) is 1.69. The Hall–Kier alpha value is -2.90. The monoisotopic (exact) mass is 395 g/mol. The minimum atomic E-state index is -0.882. The Morgan fingerprint density at radius 2 is 2.14 bits per heavy atom. The van der Waals surface area contributed by atoms with Gasteiger partial charge in [0.25, 0.3) is 0 Å². The van der Waals surface area contributed by atoms with Crippen LogP contribution in [0.2, 0.25) is 0 Å². The van der Waals surface area contributed by atoms with E-state index in [1.165, 1.54) is 11.3 Å². The van der Waals surface area contributed by atoms with E-state index in [1.54, 1.807) is 25.7 Å². The number of carbonyl (C=O) groups is 1. The number of rotatable bonds is 7. The van der Waals surface area contributed by atoms with Gasteiger partial charge in [0.1, 0.15) is 4.88 Å². The number of hydrogen-bond donors (Lipinski definition) is 1. The predicted octanol–water partition coefficient (Wildman–Crippen LogP) is 4.60. The van der Waals surface area contributed by atoms with E-state index >= 15 is 0 Å². The van der Waals surface area contributed by atoms with E-state index in [4.69, 9.17) is 4.74 Å². The fraction of sp³-hybridized carbons (Fsp3) is 0.238. The van der Waals surface area contributed by atoms with E-state index in [1.807, 2.05) is 10.8 Å². The maximum absolute atomic E-state index is 11.4. The van der Waals surface area contributed by atoms with E-state index in [-0.39, 0.29) is 0 Å². The van der Waals surface area contributed by atoms with Crippen LogP contribution < -0.4 is 0 Å². The van der Waals surface area contributed by atoms with Crippen molar-refractivity contribution >= 4 is 27.5 Å². The van der Waals surface area contributed by atoms with Gasteiger partial charge in [-0.3, -0.25) is 0 Å². The lowest BCUT2D eigenvalue weighted by Crippen LogP contribution is -2.04. The van der Waals surface area contributed by atoms with Crippen molar-refractivity contribution < 1.29 is 14.6 Å². The van der Waals surface area contributed by atoms with Crippen molar-refractivity contribution in [1.82, 2.24) is 14.1 Å². The summed E-state index contributed by atoms with van der Waals surface area (Å²) in [5.74, 6) is -0.882. The molecule has 28 heavy (non-hydrogen) atoms. The maximum atomic E-state index is 11.4. The van der Waals surface area contributed by atoms with Gasteiger partial charge in [0, 0.05) is 43.9 Å². The summed E-state index contributed by atoms with van der Waals surface area (Å²) in [4.78, 5) is 15.8. The highest BCUT2D eigenvalue weighted by atomic mass is 32.1. The molecule has 0 aliphatic heterocycles. The van der Waals surface area contributed by atoms with Gasteiger partial charge >= 0.3 is 5.97 Å². The molecule has 7 heteroatoms. The summed E-state index contributed by atoms with van der Waals surface area (Å²) in [6.45, 7) is 3.53. The second-order valence-electron chi connectivity index (χ2n) is 6.66. The number of hydrogen-bond acceptors (Lipinski definition) is 4. The first-order valence-corrected chi connectivity index (χ1v) is 9.85. The van der Waals surface area contributed by atoms with Gasteiger partial charge in [0.15, 0.2) is 0 Å². The normalized spacial score (nSPS) is 11.4. The van der Waals surface area contributed by atoms with E-state index in [0.29, 0.717) is 11.5 Å². The average Bonchev–Trinajstić information content (AvgIpc) is 3.39. The van der Waals surface area contributed by atoms with Gasteiger partial charge < -0.3 is 19.0 Å². The molecule has 6 nitrogen and oxygen atoms in total. The van der Waals surface area contributed by atoms with Crippen molar-refractivity contribution in [3.8, 4) is 16.9 Å². The first kappa shape index (κ1) is 18.5. The summed E-state index contributed by atoms with van der Waals surface area (Å²) in [6.07, 6.45) is 6.33. The van der Waals surface area contributed by atoms with Crippen molar-refractivity contribution in [2.45, 2.75) is 19.9 Å². The fourth-order valence-electron chi connectivity index (χ4n) is 3.49. The lowest BCUT2D eigenvalue weighted by atomic mass is 10.0. The number of thiophene rings is 1. The Morgan fingerprint density at radius 1 is 1.29 bits per heavy atom. The minimum Gasteiger partial charge on any atom is -0.477 e. The Labute approximate surface area is 166 Å². The molecule has 0 spiro atoms. The van der Waals surface area contributed by atoms with Crippen molar-refractivity contribution in [3.63, 3.8) is 0 Å². The van der Waals surface area contributed by atoms with Crippen LogP contribution in [0.4, 0.5) is 0 Å². The van der Waals surface area contributed by atoms with Crippen LogP contribution in [0.25, 0.3) is 27.2 Å². The summed E-state index contributed by atoms with van der Waals surface area (Å²) >= 11 is 1.32. The van der Waals surface area contributed by atoms with Crippen molar-refractivity contribution in [2.75, 3.05) is 13.7 Å². The van der Waals surface area contributed by atoms with Crippen molar-refractivity contribution in [2.24, 2.45) is 0 Å². The highest BCUT2D eigenvalue weighted by molar-refractivity contribution is 7.20. The Morgan fingerprint density at radius 3 is 2.82 bits per heavy atom. The van der Waals surface area contributed by atoms with Crippen LogP contribution in [0.3, 0.4) is 0 Å². The van der Waals surface area contributed by atoms with Gasteiger partial charge in [0.2, 0.25) is 0 Å². The number of ether oxygens (including phenoxy) is 1. The molecule has 1 aromatic carbocycles. The highest BCUT2D eigenvalue weighted by Crippen LogP contribution is 2.36. The third-order valence-electron chi connectivity index (χ3n) is 4.82. The molecule has 0 saturated carbocycles. The summed E-state index contributed by atoms with van der Waals surface area (Å²) in [5.41, 5.74) is 5.42. The lowest BCUT2D eigenvalue weighted by Gasteiger charge is -2.14. The zero-order valence-electron chi connectivity index (χ0n) is 15.8. The number of benzene rings is 1. The first-order chi connectivity index (χ1) is 13.6. The number of methoxy groups -OCH3 is 1. The molecule has 0 radical (unpaired) electrons. The SMILES string of the molecule is COCCCn1c(-c2ccc(-n3ccnc3)cc2C)cc2sc(C(=O)O)cc21. The molecule has 4 aromatic rings. The molecule has 0 saturated heterocycles. The molecule has 0 unspecified atom stereocenters. The second-order valence-corrected chi connectivity index (χ2v) is 7.75. The number of aromatic carboxylic acids is 1. The molecular weight excluding hydrogens is 374 g/mol. The number of carboxylic acids is 1. The van der Waals surface area contributed by atoms with Gasteiger partial charge in [0.05, 0.1) is 22.2 Å². The minimum absolute atomic E-state index is 0.365. The lowest BCUT2D eigenvalue weighted by molar-refractivity contribution is 0.0702. The molecule has 1 N–H and O–H groups in total. The average molecular weight is 395 g/mol. The molecule has 0 amide bonds. The van der Waals surface area contributed by atoms with Crippen LogP contribution >= 0.6 is 11.3 Å². The summed E-state index contributed by atoms with van der Waals surface area (Å²) < 4.78 is 10.4. The smallest absolute Gasteiger partial charge is 0.345 e. The largest absolute Gasteiger partial charge is 0.477 e. The molecule has 3 aromatic heterocycles. The van der Waals surface area contributed by atoms with Crippen LogP contribution in [0.15, 0.2) is 49.1 Å². The van der Waals surface area contributed by atoms with E-state index in [2.05, 4.69) is 40.7 Å². The molecule has 0 bridgehead atoms. The summed E-state index contributed by atoms with van der Waals surface area (Å²) in [5, 5.41) is 9.33. The molecule has 144 valence electrons. The van der Waals surface area contributed by atoms with Crippen LogP contribution in [0, 0.1) is 6.92 Å². The van der Waals surface area contributed by atoms with Crippen molar-refractivity contribution in [3.05, 3.63) is 59.5 Å². The van der Waals surface area contributed by atoms with E-state index in [9.17, 15) is 9.90 Å². The molecule has 3 heterocycles. The Kier molecular flexibility index (Phi) is 5.02. The number of nitrogens with zero attached hydrogens (tertiary/aromatic N) is 3. The highest BCUT2D eigenvalue weighted by Gasteiger charge is 2.17. The quantitative estimate of drug-likeness (QED) is 0.464. The predicted molar refractivity (Wildman–Crippen MR) is 111 cm³/mol. The number of fused-ring (bicyclic) bond motifs is 1. The molecule has 0 aliphatic carbocycles. The molecule has 0 atom stereocenters. The van der Waals surface area contributed by atoms with E-state index in [0.717, 1.165) is 45.7 Å². The van der Waals surface area contributed by atoms with Crippen LogP contribution in [-0.2, 0) is 11.3 Å². The summed E-state index contributed by atoms with van der Waals surface area (Å²) in [6, 6.07) is 10.2. The van der Waals surface area contributed by atoms with Gasteiger partial charge in [-0.1, -0.05) is 6.07 Å². The van der Waals surface area contributed by atoms with Crippen molar-refractivity contribution in [1.29, 1.82) is 0 Å². The van der Waals surface area contributed by atoms with Crippen LogP contribution in [0.1, 0.15) is 21.7 Å². The molecule has 0 fully saturated rings. The zero-order chi connectivity index (χ0) is 19.7. The first-order valence-electron chi connectivity index (χ1n) is 9.03. The third-order valence-corrected chi connectivity index (χ3v) is 5.88. The molecule has 4 rings (SSSR count).